The van der Waals surface area contributed by atoms with E-state index in [0.717, 1.165) is 18.4 Å². The standard InChI is InChI=1S/C29H38O8/c1-5-9-23-25(14-12-21(19(3)30)28(23)34)35-17-8-18-36-26-15-13-22(20(4)31)29(24(26)10-6-2)37-16-7-11-27(32)33/h12-15,34H,5-11,16-18H2,1-4H3,(H,32,33). The van der Waals surface area contributed by atoms with Gasteiger partial charge < -0.3 is 24.4 Å². The van der Waals surface area contributed by atoms with Gasteiger partial charge in [0.05, 0.1) is 30.9 Å². The van der Waals surface area contributed by atoms with E-state index in [2.05, 4.69) is 0 Å². The Balaban J connectivity index is 2.08. The molecule has 2 aromatic carbocycles. The molecule has 0 heterocycles. The summed E-state index contributed by atoms with van der Waals surface area (Å²) in [6.07, 6.45) is 3.74. The summed E-state index contributed by atoms with van der Waals surface area (Å²) in [6.45, 7) is 7.80. The molecule has 0 unspecified atom stereocenters. The molecule has 0 amide bonds. The quantitative estimate of drug-likeness (QED) is 0.201. The molecule has 8 heteroatoms. The molecule has 37 heavy (non-hydrogen) atoms. The number of aliphatic carboxylic acids is 1. The Morgan fingerprint density at radius 3 is 1.78 bits per heavy atom. The summed E-state index contributed by atoms with van der Waals surface area (Å²) in [5.74, 6) is 0.392. The zero-order chi connectivity index (χ0) is 27.4. The molecule has 0 atom stereocenters. The topological polar surface area (TPSA) is 119 Å². The second-order valence-electron chi connectivity index (χ2n) is 8.87. The molecule has 0 saturated heterocycles. The Labute approximate surface area is 218 Å². The first-order valence-corrected chi connectivity index (χ1v) is 12.8. The SMILES string of the molecule is CCCc1c(OCCCOc2ccc(C(C)=O)c(OCCCC(=O)O)c2CCC)ccc(C(C)=O)c1O. The van der Waals surface area contributed by atoms with E-state index < -0.39 is 5.97 Å². The molecule has 8 nitrogen and oxygen atoms in total. The zero-order valence-electron chi connectivity index (χ0n) is 22.2. The fourth-order valence-corrected chi connectivity index (χ4v) is 4.02. The molecule has 0 fully saturated rings. The molecule has 0 aliphatic heterocycles. The monoisotopic (exact) mass is 514 g/mol. The third-order valence-corrected chi connectivity index (χ3v) is 5.80. The van der Waals surface area contributed by atoms with Crippen LogP contribution in [-0.2, 0) is 17.6 Å². The number of hydrogen-bond donors (Lipinski definition) is 2. The lowest BCUT2D eigenvalue weighted by molar-refractivity contribution is -0.137. The van der Waals surface area contributed by atoms with Crippen molar-refractivity contribution in [2.75, 3.05) is 19.8 Å². The van der Waals surface area contributed by atoms with Crippen LogP contribution < -0.4 is 14.2 Å². The van der Waals surface area contributed by atoms with Gasteiger partial charge in [0, 0.05) is 24.0 Å². The number of rotatable bonds is 17. The van der Waals surface area contributed by atoms with Crippen LogP contribution in [0.15, 0.2) is 24.3 Å². The van der Waals surface area contributed by atoms with Crippen LogP contribution in [0.5, 0.6) is 23.0 Å². The maximum Gasteiger partial charge on any atom is 0.303 e. The summed E-state index contributed by atoms with van der Waals surface area (Å²) in [5.41, 5.74) is 2.16. The number of Topliss-reactive ketones (excluding diaryl/α,β-unsaturated/α-hetero) is 2. The van der Waals surface area contributed by atoms with Crippen LogP contribution >= 0.6 is 0 Å². The predicted molar refractivity (Wildman–Crippen MR) is 141 cm³/mol. The van der Waals surface area contributed by atoms with Crippen molar-refractivity contribution in [3.8, 4) is 23.0 Å². The molecule has 2 N–H and O–H groups in total. The Hall–Kier alpha value is -3.55. The molecule has 2 aromatic rings. The van der Waals surface area contributed by atoms with Crippen LogP contribution in [0.2, 0.25) is 0 Å². The largest absolute Gasteiger partial charge is 0.507 e. The second kappa shape index (κ2) is 14.9. The van der Waals surface area contributed by atoms with E-state index in [9.17, 15) is 19.5 Å². The van der Waals surface area contributed by atoms with Gasteiger partial charge in [0.2, 0.25) is 0 Å². The van der Waals surface area contributed by atoms with Gasteiger partial charge in [0.1, 0.15) is 23.0 Å². The summed E-state index contributed by atoms with van der Waals surface area (Å²) < 4.78 is 17.8. The third-order valence-electron chi connectivity index (χ3n) is 5.80. The highest BCUT2D eigenvalue weighted by molar-refractivity contribution is 5.98. The van der Waals surface area contributed by atoms with Gasteiger partial charge in [-0.25, -0.2) is 0 Å². The van der Waals surface area contributed by atoms with Crippen molar-refractivity contribution >= 4 is 17.5 Å². The first kappa shape index (κ1) is 29.7. The fraction of sp³-hybridized carbons (Fsp3) is 0.483. The number of ether oxygens (including phenoxy) is 3. The van der Waals surface area contributed by atoms with E-state index in [0.29, 0.717) is 67.3 Å². The summed E-state index contributed by atoms with van der Waals surface area (Å²) in [7, 11) is 0. The second-order valence-corrected chi connectivity index (χ2v) is 8.87. The average molecular weight is 515 g/mol. The normalized spacial score (nSPS) is 10.7. The van der Waals surface area contributed by atoms with Crippen molar-refractivity contribution in [3.05, 3.63) is 46.5 Å². The summed E-state index contributed by atoms with van der Waals surface area (Å²) in [6, 6.07) is 6.74. The maximum atomic E-state index is 12.2. The minimum absolute atomic E-state index is 0.00999. The minimum atomic E-state index is -0.893. The highest BCUT2D eigenvalue weighted by Crippen LogP contribution is 2.35. The molecular formula is C29H38O8. The van der Waals surface area contributed by atoms with E-state index in [1.807, 2.05) is 13.8 Å². The van der Waals surface area contributed by atoms with Crippen LogP contribution in [0.25, 0.3) is 0 Å². The summed E-state index contributed by atoms with van der Waals surface area (Å²) in [4.78, 5) is 34.8. The number of aromatic hydroxyl groups is 1. The smallest absolute Gasteiger partial charge is 0.303 e. The molecular weight excluding hydrogens is 476 g/mol. The van der Waals surface area contributed by atoms with E-state index in [4.69, 9.17) is 19.3 Å². The van der Waals surface area contributed by atoms with E-state index in [1.165, 1.54) is 13.8 Å². The van der Waals surface area contributed by atoms with Crippen molar-refractivity contribution in [1.29, 1.82) is 0 Å². The number of hydrogen-bond acceptors (Lipinski definition) is 7. The average Bonchev–Trinajstić information content (AvgIpc) is 2.84. The van der Waals surface area contributed by atoms with Crippen molar-refractivity contribution in [3.63, 3.8) is 0 Å². The van der Waals surface area contributed by atoms with Crippen LogP contribution in [-0.4, -0.2) is 47.6 Å². The molecule has 0 aliphatic carbocycles. The number of carbonyl (C=O) groups is 3. The molecule has 0 aliphatic rings. The Morgan fingerprint density at radius 2 is 1.24 bits per heavy atom. The van der Waals surface area contributed by atoms with Gasteiger partial charge >= 0.3 is 5.97 Å². The fourth-order valence-electron chi connectivity index (χ4n) is 4.02. The number of carboxylic acids is 1. The van der Waals surface area contributed by atoms with E-state index in [-0.39, 0.29) is 35.9 Å². The number of carboxylic acid groups (broad SMARTS) is 1. The lowest BCUT2D eigenvalue weighted by Crippen LogP contribution is -2.11. The molecule has 0 aromatic heterocycles. The highest BCUT2D eigenvalue weighted by Gasteiger charge is 2.19. The first-order valence-electron chi connectivity index (χ1n) is 12.8. The Kier molecular flexibility index (Phi) is 11.9. The van der Waals surface area contributed by atoms with Crippen molar-refractivity contribution in [2.24, 2.45) is 0 Å². The third kappa shape index (κ3) is 8.51. The minimum Gasteiger partial charge on any atom is -0.507 e. The van der Waals surface area contributed by atoms with E-state index >= 15 is 0 Å². The highest BCUT2D eigenvalue weighted by atomic mass is 16.5. The Morgan fingerprint density at radius 1 is 0.730 bits per heavy atom. The van der Waals surface area contributed by atoms with Gasteiger partial charge in [0.25, 0.3) is 0 Å². The number of phenols is 1. The van der Waals surface area contributed by atoms with Gasteiger partial charge in [-0.1, -0.05) is 26.7 Å². The number of ketones is 2. The summed E-state index contributed by atoms with van der Waals surface area (Å²) in [5, 5.41) is 19.4. The molecule has 2 rings (SSSR count). The van der Waals surface area contributed by atoms with Gasteiger partial charge in [0.15, 0.2) is 11.6 Å². The van der Waals surface area contributed by atoms with Crippen molar-refractivity contribution in [2.45, 2.75) is 72.6 Å². The Bertz CT molecular complexity index is 1090. The molecule has 202 valence electrons. The molecule has 0 bridgehead atoms. The maximum absolute atomic E-state index is 12.2. The van der Waals surface area contributed by atoms with Gasteiger partial charge in [-0.2, -0.15) is 0 Å². The van der Waals surface area contributed by atoms with Crippen molar-refractivity contribution in [1.82, 2.24) is 0 Å². The predicted octanol–water partition coefficient (Wildman–Crippen LogP) is 5.79. The summed E-state index contributed by atoms with van der Waals surface area (Å²) >= 11 is 0. The van der Waals surface area contributed by atoms with Crippen LogP contribution in [0, 0.1) is 0 Å². The van der Waals surface area contributed by atoms with Gasteiger partial charge in [-0.3, -0.25) is 14.4 Å². The first-order chi connectivity index (χ1) is 17.7. The molecule has 0 saturated carbocycles. The molecule has 0 spiro atoms. The zero-order valence-corrected chi connectivity index (χ0v) is 22.2. The number of phenolic OH excluding ortho intramolecular Hbond substituents is 1. The number of benzene rings is 2. The van der Waals surface area contributed by atoms with Crippen molar-refractivity contribution < 1.29 is 38.8 Å². The lowest BCUT2D eigenvalue weighted by Gasteiger charge is -2.19. The lowest BCUT2D eigenvalue weighted by atomic mass is 10.0. The van der Waals surface area contributed by atoms with Crippen LogP contribution in [0.3, 0.4) is 0 Å². The number of carbonyl (C=O) groups excluding carboxylic acids is 2. The van der Waals surface area contributed by atoms with E-state index in [1.54, 1.807) is 24.3 Å². The van der Waals surface area contributed by atoms with Crippen LogP contribution in [0.4, 0.5) is 0 Å². The molecule has 0 radical (unpaired) electrons. The van der Waals surface area contributed by atoms with Gasteiger partial charge in [-0.15, -0.1) is 0 Å². The van der Waals surface area contributed by atoms with Gasteiger partial charge in [-0.05, 0) is 57.4 Å². The van der Waals surface area contributed by atoms with Crippen LogP contribution in [0.1, 0.15) is 91.6 Å².